The first-order valence-corrected chi connectivity index (χ1v) is 10.7. The topological polar surface area (TPSA) is 78.5 Å². The van der Waals surface area contributed by atoms with Crippen LogP contribution < -0.4 is 15.8 Å². The second-order valence-corrected chi connectivity index (χ2v) is 8.25. The molecule has 0 atom stereocenters. The van der Waals surface area contributed by atoms with Gasteiger partial charge in [0.15, 0.2) is 0 Å². The number of hydrogen-bond donors (Lipinski definition) is 2. The van der Waals surface area contributed by atoms with Gasteiger partial charge in [-0.05, 0) is 53.9 Å². The smallest absolute Gasteiger partial charge is 0.279 e. The first kappa shape index (κ1) is 20.7. The molecule has 0 aliphatic carbocycles. The van der Waals surface area contributed by atoms with Crippen molar-refractivity contribution in [2.45, 2.75) is 19.3 Å². The van der Waals surface area contributed by atoms with Gasteiger partial charge in [0.1, 0.15) is 5.82 Å². The van der Waals surface area contributed by atoms with E-state index in [1.807, 2.05) is 12.1 Å². The number of carbonyl (C=O) groups is 3. The van der Waals surface area contributed by atoms with Crippen LogP contribution in [-0.4, -0.2) is 24.3 Å². The first-order chi connectivity index (χ1) is 15.0. The van der Waals surface area contributed by atoms with Gasteiger partial charge in [0.05, 0.1) is 11.3 Å². The fourth-order valence-corrected chi connectivity index (χ4v) is 4.27. The van der Waals surface area contributed by atoms with Crippen LogP contribution in [0.2, 0.25) is 0 Å². The highest BCUT2D eigenvalue weighted by molar-refractivity contribution is 7.17. The number of nitrogens with one attached hydrogen (secondary N) is 2. The number of carbonyl (C=O) groups excluding carboxylic acids is 3. The van der Waals surface area contributed by atoms with Gasteiger partial charge in [-0.15, -0.1) is 11.3 Å². The van der Waals surface area contributed by atoms with Crippen molar-refractivity contribution in [2.75, 3.05) is 11.4 Å². The molecule has 8 heteroatoms. The molecule has 6 nitrogen and oxygen atoms in total. The number of benzene rings is 2. The Morgan fingerprint density at radius 1 is 0.968 bits per heavy atom. The van der Waals surface area contributed by atoms with Crippen LogP contribution in [0.3, 0.4) is 0 Å². The highest BCUT2D eigenvalue weighted by Crippen LogP contribution is 2.28. The monoisotopic (exact) mass is 437 g/mol. The maximum Gasteiger partial charge on any atom is 0.279 e. The highest BCUT2D eigenvalue weighted by Gasteiger charge is 2.21. The van der Waals surface area contributed by atoms with E-state index >= 15 is 0 Å². The third-order valence-corrected chi connectivity index (χ3v) is 6.09. The van der Waals surface area contributed by atoms with E-state index in [9.17, 15) is 18.8 Å². The standard InChI is InChI=1S/C23H20FN3O3S/c24-17-7-5-16(6-8-17)19-11-12-20(31-19)23(30)26-25-21(28)14-15-3-9-18(10-4-15)27-13-1-2-22(27)29/h3-12H,1-2,13-14H2,(H,25,28)(H,26,30). The van der Waals surface area contributed by atoms with Gasteiger partial charge >= 0.3 is 0 Å². The van der Waals surface area contributed by atoms with E-state index < -0.39 is 5.91 Å². The quantitative estimate of drug-likeness (QED) is 0.598. The Bertz CT molecular complexity index is 1110. The van der Waals surface area contributed by atoms with Crippen molar-refractivity contribution in [1.82, 2.24) is 10.9 Å². The second kappa shape index (κ2) is 9.09. The first-order valence-electron chi connectivity index (χ1n) is 9.84. The Kier molecular flexibility index (Phi) is 6.08. The SMILES string of the molecule is O=C(Cc1ccc(N2CCCC2=O)cc1)NNC(=O)c1ccc(-c2ccc(F)cc2)s1. The van der Waals surface area contributed by atoms with Gasteiger partial charge in [-0.3, -0.25) is 25.2 Å². The van der Waals surface area contributed by atoms with Crippen LogP contribution >= 0.6 is 11.3 Å². The van der Waals surface area contributed by atoms with Crippen molar-refractivity contribution < 1.29 is 18.8 Å². The lowest BCUT2D eigenvalue weighted by molar-refractivity contribution is -0.121. The minimum Gasteiger partial charge on any atom is -0.312 e. The fraction of sp³-hybridized carbons (Fsp3) is 0.174. The van der Waals surface area contributed by atoms with Gasteiger partial charge in [-0.25, -0.2) is 4.39 Å². The van der Waals surface area contributed by atoms with Gasteiger partial charge in [0.25, 0.3) is 5.91 Å². The molecule has 0 radical (unpaired) electrons. The summed E-state index contributed by atoms with van der Waals surface area (Å²) < 4.78 is 13.1. The minimum atomic E-state index is -0.422. The molecule has 0 bridgehead atoms. The number of anilines is 1. The third kappa shape index (κ3) is 4.97. The van der Waals surface area contributed by atoms with Gasteiger partial charge < -0.3 is 4.90 Å². The van der Waals surface area contributed by atoms with Crippen molar-refractivity contribution >= 4 is 34.7 Å². The number of nitrogens with zero attached hydrogens (tertiary/aromatic N) is 1. The van der Waals surface area contributed by atoms with Gasteiger partial charge in [0.2, 0.25) is 11.8 Å². The second-order valence-electron chi connectivity index (χ2n) is 7.17. The molecule has 1 saturated heterocycles. The molecule has 0 spiro atoms. The van der Waals surface area contributed by atoms with E-state index in [2.05, 4.69) is 10.9 Å². The Labute approximate surface area is 182 Å². The van der Waals surface area contributed by atoms with Crippen LogP contribution in [0.1, 0.15) is 28.1 Å². The summed E-state index contributed by atoms with van der Waals surface area (Å²) in [6, 6.07) is 16.7. The molecule has 158 valence electrons. The Morgan fingerprint density at radius 2 is 1.71 bits per heavy atom. The molecule has 0 saturated carbocycles. The average molecular weight is 437 g/mol. The van der Waals surface area contributed by atoms with Crippen molar-refractivity contribution in [2.24, 2.45) is 0 Å². The lowest BCUT2D eigenvalue weighted by atomic mass is 10.1. The zero-order valence-corrected chi connectivity index (χ0v) is 17.4. The fourth-order valence-electron chi connectivity index (χ4n) is 3.36. The molecule has 2 aromatic carbocycles. The van der Waals surface area contributed by atoms with Crippen LogP contribution in [-0.2, 0) is 16.0 Å². The van der Waals surface area contributed by atoms with Crippen molar-refractivity contribution in [3.63, 3.8) is 0 Å². The maximum absolute atomic E-state index is 13.1. The molecular weight excluding hydrogens is 417 g/mol. The Morgan fingerprint density at radius 3 is 2.39 bits per heavy atom. The van der Waals surface area contributed by atoms with Crippen molar-refractivity contribution in [1.29, 1.82) is 0 Å². The van der Waals surface area contributed by atoms with E-state index in [1.165, 1.54) is 23.5 Å². The largest absolute Gasteiger partial charge is 0.312 e. The van der Waals surface area contributed by atoms with Crippen LogP contribution in [0.25, 0.3) is 10.4 Å². The average Bonchev–Trinajstić information content (AvgIpc) is 3.43. The highest BCUT2D eigenvalue weighted by atomic mass is 32.1. The van der Waals surface area contributed by atoms with Gasteiger partial charge in [0, 0.05) is 23.5 Å². The summed E-state index contributed by atoms with van der Waals surface area (Å²) >= 11 is 1.25. The zero-order valence-electron chi connectivity index (χ0n) is 16.6. The lowest BCUT2D eigenvalue weighted by Crippen LogP contribution is -2.42. The molecule has 0 unspecified atom stereocenters. The molecule has 1 aromatic heterocycles. The normalized spacial score (nSPS) is 13.3. The number of rotatable bonds is 5. The molecule has 1 fully saturated rings. The summed E-state index contributed by atoms with van der Waals surface area (Å²) in [6.07, 6.45) is 1.53. The third-order valence-electron chi connectivity index (χ3n) is 4.96. The summed E-state index contributed by atoms with van der Waals surface area (Å²) in [7, 11) is 0. The zero-order chi connectivity index (χ0) is 21.8. The van der Waals surface area contributed by atoms with Gasteiger partial charge in [-0.2, -0.15) is 0 Å². The molecular formula is C23H20FN3O3S. The number of thiophene rings is 1. The van der Waals surface area contributed by atoms with Crippen molar-refractivity contribution in [3.8, 4) is 10.4 Å². The summed E-state index contributed by atoms with van der Waals surface area (Å²) in [6.45, 7) is 0.719. The van der Waals surface area contributed by atoms with Crippen molar-refractivity contribution in [3.05, 3.63) is 76.9 Å². The van der Waals surface area contributed by atoms with Gasteiger partial charge in [-0.1, -0.05) is 24.3 Å². The minimum absolute atomic E-state index is 0.0970. The van der Waals surface area contributed by atoms with Crippen LogP contribution in [0.5, 0.6) is 0 Å². The molecule has 3 amide bonds. The van der Waals surface area contributed by atoms with E-state index in [-0.39, 0.29) is 24.1 Å². The number of hydrazine groups is 1. The Balaban J connectivity index is 1.29. The van der Waals surface area contributed by atoms with Crippen LogP contribution in [0, 0.1) is 5.82 Å². The molecule has 31 heavy (non-hydrogen) atoms. The summed E-state index contributed by atoms with van der Waals surface area (Å²) in [4.78, 5) is 39.3. The molecule has 4 rings (SSSR count). The van der Waals surface area contributed by atoms with Crippen LogP contribution in [0.15, 0.2) is 60.7 Å². The molecule has 1 aliphatic heterocycles. The predicted octanol–water partition coefficient (Wildman–Crippen LogP) is 3.68. The molecule has 2 N–H and O–H groups in total. The number of amides is 3. The van der Waals surface area contributed by atoms with E-state index in [4.69, 9.17) is 0 Å². The van der Waals surface area contributed by atoms with Crippen LogP contribution in [0.4, 0.5) is 10.1 Å². The van der Waals surface area contributed by atoms with E-state index in [0.717, 1.165) is 34.7 Å². The molecule has 1 aliphatic rings. The maximum atomic E-state index is 13.1. The molecule has 2 heterocycles. The van der Waals surface area contributed by atoms with E-state index in [0.29, 0.717) is 11.3 Å². The molecule has 3 aromatic rings. The Hall–Kier alpha value is -3.52. The summed E-state index contributed by atoms with van der Waals surface area (Å²) in [5.74, 6) is -0.979. The summed E-state index contributed by atoms with van der Waals surface area (Å²) in [5.41, 5.74) is 7.25. The van der Waals surface area contributed by atoms with E-state index in [1.54, 1.807) is 41.3 Å². The lowest BCUT2D eigenvalue weighted by Gasteiger charge is -2.15. The summed E-state index contributed by atoms with van der Waals surface area (Å²) in [5, 5.41) is 0. The number of hydrogen-bond acceptors (Lipinski definition) is 4. The predicted molar refractivity (Wildman–Crippen MR) is 117 cm³/mol. The number of halogens is 1.